The van der Waals surface area contributed by atoms with E-state index in [0.29, 0.717) is 30.0 Å². The highest BCUT2D eigenvalue weighted by Crippen LogP contribution is 2.27. The number of benzene rings is 2. The van der Waals surface area contributed by atoms with E-state index in [4.69, 9.17) is 9.47 Å². The lowest BCUT2D eigenvalue weighted by Gasteiger charge is -2.10. The molecule has 2 aromatic rings. The van der Waals surface area contributed by atoms with Crippen molar-refractivity contribution in [1.29, 1.82) is 0 Å². The predicted molar refractivity (Wildman–Crippen MR) is 94.1 cm³/mol. The highest BCUT2D eigenvalue weighted by atomic mass is 79.9. The molecule has 0 fully saturated rings. The number of nitrogens with one attached hydrogen (secondary N) is 1. The maximum absolute atomic E-state index is 13.2. The van der Waals surface area contributed by atoms with Crippen LogP contribution in [0.25, 0.3) is 0 Å². The second kappa shape index (κ2) is 8.68. The molecule has 1 N–H and O–H groups in total. The Labute approximate surface area is 149 Å². The van der Waals surface area contributed by atoms with E-state index in [0.717, 1.165) is 10.0 Å². The minimum atomic E-state index is -0.355. The van der Waals surface area contributed by atoms with Crippen LogP contribution in [-0.2, 0) is 17.6 Å². The largest absolute Gasteiger partial charge is 0.493 e. The highest BCUT2D eigenvalue weighted by molar-refractivity contribution is 9.10. The standard InChI is InChI=1S/C18H19BrFNO3/c1-23-16-6-3-12(9-17(16)24-2)7-8-21-18(22)11-13-10-14(20)4-5-15(13)19/h3-6,9-10H,7-8,11H2,1-2H3,(H,21,22). The lowest BCUT2D eigenvalue weighted by Crippen LogP contribution is -2.27. The van der Waals surface area contributed by atoms with Gasteiger partial charge in [0.25, 0.3) is 0 Å². The Morgan fingerprint density at radius 2 is 1.88 bits per heavy atom. The summed E-state index contributed by atoms with van der Waals surface area (Å²) in [6.07, 6.45) is 0.792. The molecule has 2 aromatic carbocycles. The molecule has 0 aliphatic heterocycles. The van der Waals surface area contributed by atoms with Gasteiger partial charge in [-0.2, -0.15) is 0 Å². The number of halogens is 2. The number of rotatable bonds is 7. The number of carbonyl (C=O) groups excluding carboxylic acids is 1. The second-order valence-electron chi connectivity index (χ2n) is 5.20. The summed E-state index contributed by atoms with van der Waals surface area (Å²) in [6, 6.07) is 9.95. The van der Waals surface area contributed by atoms with Crippen LogP contribution in [0.15, 0.2) is 40.9 Å². The van der Waals surface area contributed by atoms with Gasteiger partial charge in [-0.15, -0.1) is 0 Å². The monoisotopic (exact) mass is 395 g/mol. The Morgan fingerprint density at radius 1 is 1.12 bits per heavy atom. The Balaban J connectivity index is 1.87. The molecule has 0 aliphatic rings. The Hall–Kier alpha value is -2.08. The maximum Gasteiger partial charge on any atom is 0.224 e. The van der Waals surface area contributed by atoms with Gasteiger partial charge < -0.3 is 14.8 Å². The number of ether oxygens (including phenoxy) is 2. The minimum absolute atomic E-state index is 0.129. The van der Waals surface area contributed by atoms with Gasteiger partial charge in [0.1, 0.15) is 5.82 Å². The molecule has 0 radical (unpaired) electrons. The molecule has 0 aliphatic carbocycles. The van der Waals surface area contributed by atoms with Gasteiger partial charge in [0.05, 0.1) is 20.6 Å². The maximum atomic E-state index is 13.2. The summed E-state index contributed by atoms with van der Waals surface area (Å²) in [4.78, 5) is 12.0. The molecule has 2 rings (SSSR count). The van der Waals surface area contributed by atoms with Crippen LogP contribution in [0.2, 0.25) is 0 Å². The Kier molecular flexibility index (Phi) is 6.61. The molecule has 0 bridgehead atoms. The quantitative estimate of drug-likeness (QED) is 0.780. The zero-order chi connectivity index (χ0) is 17.5. The first-order valence-corrected chi connectivity index (χ1v) is 8.24. The van der Waals surface area contributed by atoms with Gasteiger partial charge in [-0.25, -0.2) is 4.39 Å². The van der Waals surface area contributed by atoms with Crippen molar-refractivity contribution in [3.8, 4) is 11.5 Å². The van der Waals surface area contributed by atoms with Gasteiger partial charge >= 0.3 is 0 Å². The third-order valence-corrected chi connectivity index (χ3v) is 4.32. The lowest BCUT2D eigenvalue weighted by molar-refractivity contribution is -0.120. The fourth-order valence-electron chi connectivity index (χ4n) is 2.30. The normalized spacial score (nSPS) is 10.3. The summed E-state index contributed by atoms with van der Waals surface area (Å²) >= 11 is 3.32. The molecule has 0 saturated carbocycles. The first-order valence-electron chi connectivity index (χ1n) is 7.45. The van der Waals surface area contributed by atoms with E-state index in [-0.39, 0.29) is 18.1 Å². The predicted octanol–water partition coefficient (Wildman–Crippen LogP) is 3.51. The fourth-order valence-corrected chi connectivity index (χ4v) is 2.68. The van der Waals surface area contributed by atoms with Crippen molar-refractivity contribution >= 4 is 21.8 Å². The van der Waals surface area contributed by atoms with Crippen LogP contribution < -0.4 is 14.8 Å². The molecule has 4 nitrogen and oxygen atoms in total. The van der Waals surface area contributed by atoms with Crippen LogP contribution in [0.3, 0.4) is 0 Å². The molecule has 1 amide bonds. The molecule has 24 heavy (non-hydrogen) atoms. The average molecular weight is 396 g/mol. The van der Waals surface area contributed by atoms with E-state index in [1.165, 1.54) is 12.1 Å². The summed E-state index contributed by atoms with van der Waals surface area (Å²) in [5.74, 6) is 0.819. The van der Waals surface area contributed by atoms with Crippen molar-refractivity contribution in [2.24, 2.45) is 0 Å². The highest BCUT2D eigenvalue weighted by Gasteiger charge is 2.09. The summed E-state index contributed by atoms with van der Waals surface area (Å²) in [6.45, 7) is 0.487. The van der Waals surface area contributed by atoms with E-state index in [9.17, 15) is 9.18 Å². The summed E-state index contributed by atoms with van der Waals surface area (Å²) in [5.41, 5.74) is 1.65. The molecular formula is C18H19BrFNO3. The van der Waals surface area contributed by atoms with Crippen molar-refractivity contribution in [3.05, 3.63) is 57.8 Å². The van der Waals surface area contributed by atoms with Crippen LogP contribution in [0, 0.1) is 5.82 Å². The minimum Gasteiger partial charge on any atom is -0.493 e. The zero-order valence-electron chi connectivity index (χ0n) is 13.6. The fraction of sp³-hybridized carbons (Fsp3) is 0.278. The molecule has 0 unspecified atom stereocenters. The number of carbonyl (C=O) groups is 1. The molecule has 0 heterocycles. The van der Waals surface area contributed by atoms with Gasteiger partial charge in [0, 0.05) is 11.0 Å². The molecule has 128 valence electrons. The van der Waals surface area contributed by atoms with Gasteiger partial charge in [-0.3, -0.25) is 4.79 Å². The van der Waals surface area contributed by atoms with Crippen LogP contribution in [-0.4, -0.2) is 26.7 Å². The third kappa shape index (κ3) is 4.96. The second-order valence-corrected chi connectivity index (χ2v) is 6.06. The zero-order valence-corrected chi connectivity index (χ0v) is 15.2. The van der Waals surface area contributed by atoms with E-state index in [1.54, 1.807) is 20.3 Å². The number of methoxy groups -OCH3 is 2. The number of amides is 1. The SMILES string of the molecule is COc1ccc(CCNC(=O)Cc2cc(F)ccc2Br)cc1OC. The molecule has 0 aromatic heterocycles. The first-order chi connectivity index (χ1) is 11.5. The van der Waals surface area contributed by atoms with Crippen molar-refractivity contribution in [2.75, 3.05) is 20.8 Å². The molecular weight excluding hydrogens is 377 g/mol. The molecule has 0 spiro atoms. The number of hydrogen-bond donors (Lipinski definition) is 1. The van der Waals surface area contributed by atoms with Gasteiger partial charge in [-0.05, 0) is 47.9 Å². The molecule has 0 atom stereocenters. The summed E-state index contributed by atoms with van der Waals surface area (Å²) in [7, 11) is 3.17. The van der Waals surface area contributed by atoms with E-state index < -0.39 is 0 Å². The first kappa shape index (κ1) is 18.3. The summed E-state index contributed by atoms with van der Waals surface area (Å²) < 4.78 is 24.4. The third-order valence-electron chi connectivity index (χ3n) is 3.54. The van der Waals surface area contributed by atoms with Crippen molar-refractivity contribution < 1.29 is 18.7 Å². The van der Waals surface area contributed by atoms with E-state index in [1.807, 2.05) is 18.2 Å². The lowest BCUT2D eigenvalue weighted by atomic mass is 10.1. The van der Waals surface area contributed by atoms with Crippen molar-refractivity contribution in [1.82, 2.24) is 5.32 Å². The van der Waals surface area contributed by atoms with Crippen LogP contribution in [0.4, 0.5) is 4.39 Å². The van der Waals surface area contributed by atoms with Gasteiger partial charge in [-0.1, -0.05) is 22.0 Å². The molecule has 6 heteroatoms. The topological polar surface area (TPSA) is 47.6 Å². The Morgan fingerprint density at radius 3 is 2.58 bits per heavy atom. The molecule has 0 saturated heterocycles. The van der Waals surface area contributed by atoms with Crippen LogP contribution in [0.5, 0.6) is 11.5 Å². The van der Waals surface area contributed by atoms with Gasteiger partial charge in [0.15, 0.2) is 11.5 Å². The van der Waals surface area contributed by atoms with Crippen molar-refractivity contribution in [2.45, 2.75) is 12.8 Å². The Bertz CT molecular complexity index is 721. The number of hydrogen-bond acceptors (Lipinski definition) is 3. The average Bonchev–Trinajstić information content (AvgIpc) is 2.58. The van der Waals surface area contributed by atoms with E-state index in [2.05, 4.69) is 21.2 Å². The van der Waals surface area contributed by atoms with Gasteiger partial charge in [0.2, 0.25) is 5.91 Å². The van der Waals surface area contributed by atoms with Crippen LogP contribution >= 0.6 is 15.9 Å². The van der Waals surface area contributed by atoms with Crippen molar-refractivity contribution in [3.63, 3.8) is 0 Å². The summed E-state index contributed by atoms with van der Waals surface area (Å²) in [5, 5.41) is 2.84. The van der Waals surface area contributed by atoms with Crippen LogP contribution in [0.1, 0.15) is 11.1 Å². The smallest absolute Gasteiger partial charge is 0.224 e. The van der Waals surface area contributed by atoms with E-state index >= 15 is 0 Å².